The molecule has 6 heteroatoms. The van der Waals surface area contributed by atoms with E-state index in [1.54, 1.807) is 17.0 Å². The number of aliphatic hydroxyl groups is 1. The number of piperidine rings is 1. The second-order valence-electron chi connectivity index (χ2n) is 6.29. The Morgan fingerprint density at radius 3 is 2.52 bits per heavy atom. The third kappa shape index (κ3) is 3.91. The molecule has 1 aliphatic heterocycles. The number of hydrogen-bond acceptors (Lipinski definition) is 5. The zero-order chi connectivity index (χ0) is 17.9. The molecule has 0 bridgehead atoms. The van der Waals surface area contributed by atoms with E-state index in [0.29, 0.717) is 24.5 Å². The summed E-state index contributed by atoms with van der Waals surface area (Å²) in [5.74, 6) is -1.04. The van der Waals surface area contributed by atoms with Crippen molar-refractivity contribution < 1.29 is 19.0 Å². The van der Waals surface area contributed by atoms with E-state index in [2.05, 4.69) is 0 Å². The van der Waals surface area contributed by atoms with Gasteiger partial charge in [-0.2, -0.15) is 0 Å². The van der Waals surface area contributed by atoms with E-state index in [1.807, 2.05) is 30.3 Å². The molecule has 0 spiro atoms. The van der Waals surface area contributed by atoms with Gasteiger partial charge >= 0.3 is 5.97 Å². The Hall–Kier alpha value is -2.60. The van der Waals surface area contributed by atoms with Crippen LogP contribution < -0.4 is 10.6 Å². The van der Waals surface area contributed by atoms with Crippen LogP contribution in [0.15, 0.2) is 48.5 Å². The maximum absolute atomic E-state index is 14.0. The molecule has 2 aromatic rings. The monoisotopic (exact) mass is 344 g/mol. The summed E-state index contributed by atoms with van der Waals surface area (Å²) in [6.07, 6.45) is 0.370. The molecule has 0 aliphatic carbocycles. The Kier molecular flexibility index (Phi) is 4.90. The smallest absolute Gasteiger partial charge is 0.338 e. The first-order chi connectivity index (χ1) is 12.0. The number of carbonyl (C=O) groups is 1. The average molecular weight is 344 g/mol. The van der Waals surface area contributed by atoms with E-state index in [4.69, 9.17) is 10.5 Å². The minimum absolute atomic E-state index is 0.123. The minimum atomic E-state index is -1.53. The molecule has 0 amide bonds. The maximum atomic E-state index is 14.0. The highest BCUT2D eigenvalue weighted by Gasteiger charge is 2.41. The van der Waals surface area contributed by atoms with Gasteiger partial charge in [-0.25, -0.2) is 9.18 Å². The van der Waals surface area contributed by atoms with Gasteiger partial charge in [0.25, 0.3) is 0 Å². The van der Waals surface area contributed by atoms with Gasteiger partial charge in [-0.1, -0.05) is 30.3 Å². The van der Waals surface area contributed by atoms with Crippen LogP contribution in [0.25, 0.3) is 0 Å². The molecule has 0 aromatic heterocycles. The summed E-state index contributed by atoms with van der Waals surface area (Å²) < 4.78 is 19.3. The van der Waals surface area contributed by atoms with Crippen molar-refractivity contribution in [2.45, 2.75) is 25.0 Å². The number of anilines is 2. The third-order valence-electron chi connectivity index (χ3n) is 4.50. The lowest BCUT2D eigenvalue weighted by molar-refractivity contribution is -0.169. The Bertz CT molecular complexity index is 744. The van der Waals surface area contributed by atoms with Crippen molar-refractivity contribution in [1.29, 1.82) is 0 Å². The van der Waals surface area contributed by atoms with E-state index in [-0.39, 0.29) is 19.4 Å². The molecular weight excluding hydrogens is 323 g/mol. The van der Waals surface area contributed by atoms with Gasteiger partial charge in [0.1, 0.15) is 12.4 Å². The molecular formula is C19H21FN2O3. The topological polar surface area (TPSA) is 75.8 Å². The molecule has 3 N–H and O–H groups in total. The standard InChI is InChI=1S/C19H21FN2O3/c20-16-12-15(21)6-7-17(16)22-10-8-19(24,9-11-22)18(23)25-13-14-4-2-1-3-5-14/h1-7,12,24H,8-11,13,21H2. The molecule has 1 fully saturated rings. The summed E-state index contributed by atoms with van der Waals surface area (Å²) in [7, 11) is 0. The fourth-order valence-electron chi connectivity index (χ4n) is 2.96. The van der Waals surface area contributed by atoms with Gasteiger partial charge in [-0.05, 0) is 23.8 Å². The fourth-order valence-corrected chi connectivity index (χ4v) is 2.96. The highest BCUT2D eigenvalue weighted by atomic mass is 19.1. The molecule has 5 nitrogen and oxygen atoms in total. The lowest BCUT2D eigenvalue weighted by Gasteiger charge is -2.37. The summed E-state index contributed by atoms with van der Waals surface area (Å²) in [6, 6.07) is 13.8. The predicted octanol–water partition coefficient (Wildman–Crippen LogP) is 2.48. The van der Waals surface area contributed by atoms with E-state index in [9.17, 15) is 14.3 Å². The Morgan fingerprint density at radius 1 is 1.20 bits per heavy atom. The molecule has 0 saturated carbocycles. The van der Waals surface area contributed by atoms with Crippen molar-refractivity contribution in [2.75, 3.05) is 23.7 Å². The Morgan fingerprint density at radius 2 is 1.88 bits per heavy atom. The van der Waals surface area contributed by atoms with Crippen molar-refractivity contribution >= 4 is 17.3 Å². The largest absolute Gasteiger partial charge is 0.459 e. The number of benzene rings is 2. The number of nitrogens with zero attached hydrogens (tertiary/aromatic N) is 1. The molecule has 132 valence electrons. The van der Waals surface area contributed by atoms with Crippen molar-refractivity contribution in [3.8, 4) is 0 Å². The van der Waals surface area contributed by atoms with Crippen LogP contribution in [0.3, 0.4) is 0 Å². The van der Waals surface area contributed by atoms with Gasteiger partial charge < -0.3 is 20.5 Å². The lowest BCUT2D eigenvalue weighted by Crippen LogP contribution is -2.50. The normalized spacial score (nSPS) is 16.5. The second kappa shape index (κ2) is 7.11. The van der Waals surface area contributed by atoms with E-state index in [1.165, 1.54) is 6.07 Å². The summed E-state index contributed by atoms with van der Waals surface area (Å²) in [5, 5.41) is 10.6. The fraction of sp³-hybridized carbons (Fsp3) is 0.316. The first-order valence-electron chi connectivity index (χ1n) is 8.21. The lowest BCUT2D eigenvalue weighted by atomic mass is 9.91. The van der Waals surface area contributed by atoms with Gasteiger partial charge in [-0.3, -0.25) is 0 Å². The number of nitrogen functional groups attached to an aromatic ring is 1. The first-order valence-corrected chi connectivity index (χ1v) is 8.21. The zero-order valence-electron chi connectivity index (χ0n) is 13.8. The Labute approximate surface area is 145 Å². The molecule has 0 radical (unpaired) electrons. The first kappa shape index (κ1) is 17.2. The van der Waals surface area contributed by atoms with Crippen LogP contribution in [0.1, 0.15) is 18.4 Å². The predicted molar refractivity (Wildman–Crippen MR) is 93.4 cm³/mol. The van der Waals surface area contributed by atoms with Gasteiger partial charge in [0.15, 0.2) is 5.60 Å². The SMILES string of the molecule is Nc1ccc(N2CCC(O)(C(=O)OCc3ccccc3)CC2)c(F)c1. The van der Waals surface area contributed by atoms with Crippen molar-refractivity contribution in [3.05, 3.63) is 59.9 Å². The number of ether oxygens (including phenoxy) is 1. The molecule has 2 aromatic carbocycles. The van der Waals surface area contributed by atoms with Crippen molar-refractivity contribution in [2.24, 2.45) is 0 Å². The molecule has 0 atom stereocenters. The number of halogens is 1. The van der Waals surface area contributed by atoms with Crippen LogP contribution in [-0.2, 0) is 16.1 Å². The van der Waals surface area contributed by atoms with Crippen LogP contribution in [0, 0.1) is 5.82 Å². The van der Waals surface area contributed by atoms with Crippen molar-refractivity contribution in [1.82, 2.24) is 0 Å². The highest BCUT2D eigenvalue weighted by Crippen LogP contribution is 2.30. The number of carbonyl (C=O) groups excluding carboxylic acids is 1. The molecule has 25 heavy (non-hydrogen) atoms. The van der Waals surface area contributed by atoms with Crippen LogP contribution in [-0.4, -0.2) is 29.8 Å². The molecule has 3 rings (SSSR count). The summed E-state index contributed by atoms with van der Waals surface area (Å²) in [5.41, 5.74) is 5.68. The number of esters is 1. The third-order valence-corrected chi connectivity index (χ3v) is 4.50. The maximum Gasteiger partial charge on any atom is 0.338 e. The zero-order valence-corrected chi connectivity index (χ0v) is 13.8. The second-order valence-corrected chi connectivity index (χ2v) is 6.29. The highest BCUT2D eigenvalue weighted by molar-refractivity contribution is 5.79. The summed E-state index contributed by atoms with van der Waals surface area (Å²) in [6.45, 7) is 0.841. The van der Waals surface area contributed by atoms with E-state index >= 15 is 0 Å². The van der Waals surface area contributed by atoms with Gasteiger partial charge in [0.2, 0.25) is 0 Å². The number of hydrogen-bond donors (Lipinski definition) is 2. The van der Waals surface area contributed by atoms with Crippen LogP contribution in [0.4, 0.5) is 15.8 Å². The average Bonchev–Trinajstić information content (AvgIpc) is 2.62. The van der Waals surface area contributed by atoms with E-state index in [0.717, 1.165) is 5.56 Å². The van der Waals surface area contributed by atoms with Gasteiger partial charge in [0.05, 0.1) is 5.69 Å². The molecule has 1 saturated heterocycles. The van der Waals surface area contributed by atoms with Crippen molar-refractivity contribution in [3.63, 3.8) is 0 Å². The molecule has 1 aliphatic rings. The number of rotatable bonds is 4. The van der Waals surface area contributed by atoms with Crippen LogP contribution in [0.5, 0.6) is 0 Å². The Balaban J connectivity index is 1.59. The summed E-state index contributed by atoms with van der Waals surface area (Å²) in [4.78, 5) is 14.1. The molecule has 0 unspecified atom stereocenters. The number of nitrogens with two attached hydrogens (primary N) is 1. The molecule has 1 heterocycles. The van der Waals surface area contributed by atoms with Crippen LogP contribution in [0.2, 0.25) is 0 Å². The summed E-state index contributed by atoms with van der Waals surface area (Å²) >= 11 is 0. The van der Waals surface area contributed by atoms with Crippen LogP contribution >= 0.6 is 0 Å². The minimum Gasteiger partial charge on any atom is -0.459 e. The van der Waals surface area contributed by atoms with Gasteiger partial charge in [0, 0.05) is 31.6 Å². The quantitative estimate of drug-likeness (QED) is 0.658. The van der Waals surface area contributed by atoms with Gasteiger partial charge in [-0.15, -0.1) is 0 Å². The van der Waals surface area contributed by atoms with E-state index < -0.39 is 17.4 Å².